The summed E-state index contributed by atoms with van der Waals surface area (Å²) in [7, 11) is 0. The predicted octanol–water partition coefficient (Wildman–Crippen LogP) is 4.20. The molecule has 20 heavy (non-hydrogen) atoms. The number of hydrogen-bond donors (Lipinski definition) is 0. The van der Waals surface area contributed by atoms with Crippen molar-refractivity contribution in [1.82, 2.24) is 9.78 Å². The third kappa shape index (κ3) is 3.05. The lowest BCUT2D eigenvalue weighted by atomic mass is 10.1. The topological polar surface area (TPSA) is 34.9 Å². The fourth-order valence-electron chi connectivity index (χ4n) is 2.08. The SMILES string of the molecule is CCc1nn(CC)c(CC(=O)c2ccc(Cl)cc2)c1Cl. The Bertz CT molecular complexity index is 618. The molecule has 0 saturated carbocycles. The molecule has 0 fully saturated rings. The highest BCUT2D eigenvalue weighted by atomic mass is 35.5. The van der Waals surface area contributed by atoms with Crippen LogP contribution in [0.25, 0.3) is 0 Å². The molecule has 3 nitrogen and oxygen atoms in total. The lowest BCUT2D eigenvalue weighted by Gasteiger charge is -2.05. The fourth-order valence-corrected chi connectivity index (χ4v) is 2.54. The molecule has 5 heteroatoms. The molecule has 1 heterocycles. The molecular weight excluding hydrogens is 295 g/mol. The van der Waals surface area contributed by atoms with E-state index in [4.69, 9.17) is 23.2 Å². The van der Waals surface area contributed by atoms with E-state index in [1.165, 1.54) is 0 Å². The summed E-state index contributed by atoms with van der Waals surface area (Å²) >= 11 is 12.1. The number of benzene rings is 1. The second-order valence-electron chi connectivity index (χ2n) is 4.48. The minimum absolute atomic E-state index is 0.0146. The van der Waals surface area contributed by atoms with Crippen molar-refractivity contribution < 1.29 is 4.79 Å². The number of halogens is 2. The zero-order chi connectivity index (χ0) is 14.7. The summed E-state index contributed by atoms with van der Waals surface area (Å²) in [5, 5.41) is 5.64. The molecular formula is C15H16Cl2N2O. The summed E-state index contributed by atoms with van der Waals surface area (Å²) < 4.78 is 1.80. The van der Waals surface area contributed by atoms with Crippen molar-refractivity contribution in [2.24, 2.45) is 0 Å². The Morgan fingerprint density at radius 1 is 1.20 bits per heavy atom. The van der Waals surface area contributed by atoms with Crippen LogP contribution >= 0.6 is 23.2 Å². The van der Waals surface area contributed by atoms with E-state index in [1.807, 2.05) is 13.8 Å². The van der Waals surface area contributed by atoms with Gasteiger partial charge in [0.25, 0.3) is 0 Å². The number of aromatic nitrogens is 2. The molecule has 2 rings (SSSR count). The molecule has 1 aromatic carbocycles. The van der Waals surface area contributed by atoms with Gasteiger partial charge < -0.3 is 0 Å². The normalized spacial score (nSPS) is 10.8. The number of Topliss-reactive ketones (excluding diaryl/α,β-unsaturated/α-hetero) is 1. The van der Waals surface area contributed by atoms with E-state index in [2.05, 4.69) is 5.10 Å². The van der Waals surface area contributed by atoms with Crippen molar-refractivity contribution >= 4 is 29.0 Å². The molecule has 0 aliphatic rings. The van der Waals surface area contributed by atoms with Gasteiger partial charge in [0, 0.05) is 17.1 Å². The van der Waals surface area contributed by atoms with Gasteiger partial charge in [-0.3, -0.25) is 9.48 Å². The molecule has 0 radical (unpaired) electrons. The predicted molar refractivity (Wildman–Crippen MR) is 81.8 cm³/mol. The Morgan fingerprint density at radius 2 is 1.85 bits per heavy atom. The van der Waals surface area contributed by atoms with E-state index < -0.39 is 0 Å². The summed E-state index contributed by atoms with van der Waals surface area (Å²) in [5.74, 6) is 0.0146. The Balaban J connectivity index is 2.27. The third-order valence-corrected chi connectivity index (χ3v) is 3.88. The van der Waals surface area contributed by atoms with Gasteiger partial charge in [0.15, 0.2) is 5.78 Å². The minimum Gasteiger partial charge on any atom is -0.294 e. The Hall–Kier alpha value is -1.32. The number of carbonyl (C=O) groups is 1. The van der Waals surface area contributed by atoms with Crippen LogP contribution in [0.3, 0.4) is 0 Å². The quantitative estimate of drug-likeness (QED) is 0.776. The van der Waals surface area contributed by atoms with E-state index in [0.29, 0.717) is 22.2 Å². The average molecular weight is 311 g/mol. The van der Waals surface area contributed by atoms with Crippen LogP contribution in [-0.4, -0.2) is 15.6 Å². The second-order valence-corrected chi connectivity index (χ2v) is 5.30. The highest BCUT2D eigenvalue weighted by Gasteiger charge is 2.18. The lowest BCUT2D eigenvalue weighted by molar-refractivity contribution is 0.0990. The van der Waals surface area contributed by atoms with Gasteiger partial charge in [-0.15, -0.1) is 0 Å². The molecule has 0 N–H and O–H groups in total. The standard InChI is InChI=1S/C15H16Cl2N2O/c1-3-12-15(17)13(19(4-2)18-12)9-14(20)10-5-7-11(16)8-6-10/h5-8H,3-4,9H2,1-2H3. The largest absolute Gasteiger partial charge is 0.294 e. The van der Waals surface area contributed by atoms with Crippen LogP contribution in [0.2, 0.25) is 10.0 Å². The summed E-state index contributed by atoms with van der Waals surface area (Å²) in [4.78, 5) is 12.3. The van der Waals surface area contributed by atoms with Crippen LogP contribution in [0.15, 0.2) is 24.3 Å². The zero-order valence-corrected chi connectivity index (χ0v) is 13.0. The number of rotatable bonds is 5. The van der Waals surface area contributed by atoms with E-state index in [1.54, 1.807) is 28.9 Å². The van der Waals surface area contributed by atoms with Gasteiger partial charge in [-0.05, 0) is 37.6 Å². The van der Waals surface area contributed by atoms with Crippen LogP contribution < -0.4 is 0 Å². The van der Waals surface area contributed by atoms with Crippen molar-refractivity contribution in [3.63, 3.8) is 0 Å². The fraction of sp³-hybridized carbons (Fsp3) is 0.333. The Labute approximate surface area is 128 Å². The minimum atomic E-state index is 0.0146. The van der Waals surface area contributed by atoms with Crippen LogP contribution in [0.5, 0.6) is 0 Å². The van der Waals surface area contributed by atoms with Crippen molar-refractivity contribution in [3.8, 4) is 0 Å². The Morgan fingerprint density at radius 3 is 2.40 bits per heavy atom. The van der Waals surface area contributed by atoms with Gasteiger partial charge in [-0.1, -0.05) is 30.1 Å². The van der Waals surface area contributed by atoms with E-state index in [-0.39, 0.29) is 12.2 Å². The third-order valence-electron chi connectivity index (χ3n) is 3.19. The molecule has 0 unspecified atom stereocenters. The van der Waals surface area contributed by atoms with E-state index >= 15 is 0 Å². The molecule has 0 saturated heterocycles. The lowest BCUT2D eigenvalue weighted by Crippen LogP contribution is -2.10. The maximum Gasteiger partial charge on any atom is 0.168 e. The molecule has 0 aliphatic carbocycles. The van der Waals surface area contributed by atoms with E-state index in [9.17, 15) is 4.79 Å². The maximum atomic E-state index is 12.3. The van der Waals surface area contributed by atoms with Crippen molar-refractivity contribution in [2.45, 2.75) is 33.2 Å². The number of hydrogen-bond acceptors (Lipinski definition) is 2. The van der Waals surface area contributed by atoms with Gasteiger partial charge in [-0.25, -0.2) is 0 Å². The van der Waals surface area contributed by atoms with Crippen molar-refractivity contribution in [3.05, 3.63) is 51.3 Å². The maximum absolute atomic E-state index is 12.3. The van der Waals surface area contributed by atoms with E-state index in [0.717, 1.165) is 17.8 Å². The highest BCUT2D eigenvalue weighted by molar-refractivity contribution is 6.32. The van der Waals surface area contributed by atoms with Crippen LogP contribution in [-0.2, 0) is 19.4 Å². The number of ketones is 1. The zero-order valence-electron chi connectivity index (χ0n) is 11.5. The first-order valence-corrected chi connectivity index (χ1v) is 7.35. The van der Waals surface area contributed by atoms with Crippen LogP contribution in [0, 0.1) is 0 Å². The molecule has 0 atom stereocenters. The summed E-state index contributed by atoms with van der Waals surface area (Å²) in [5.41, 5.74) is 2.26. The monoisotopic (exact) mass is 310 g/mol. The number of nitrogens with zero attached hydrogens (tertiary/aromatic N) is 2. The van der Waals surface area contributed by atoms with Crippen LogP contribution in [0.1, 0.15) is 35.6 Å². The Kier molecular flexibility index (Phi) is 4.84. The van der Waals surface area contributed by atoms with Gasteiger partial charge >= 0.3 is 0 Å². The summed E-state index contributed by atoms with van der Waals surface area (Å²) in [6, 6.07) is 6.88. The van der Waals surface area contributed by atoms with Gasteiger partial charge in [-0.2, -0.15) is 5.10 Å². The molecule has 0 aliphatic heterocycles. The van der Waals surface area contributed by atoms with Gasteiger partial charge in [0.05, 0.1) is 22.8 Å². The number of carbonyl (C=O) groups excluding carboxylic acids is 1. The first kappa shape index (κ1) is 15.1. The molecule has 1 aromatic heterocycles. The van der Waals surface area contributed by atoms with Crippen LogP contribution in [0.4, 0.5) is 0 Å². The number of aryl methyl sites for hydroxylation is 2. The average Bonchev–Trinajstić information content (AvgIpc) is 2.76. The molecule has 0 amide bonds. The summed E-state index contributed by atoms with van der Waals surface area (Å²) in [6.45, 7) is 4.68. The second kappa shape index (κ2) is 6.42. The molecule has 106 valence electrons. The summed E-state index contributed by atoms with van der Waals surface area (Å²) in [6.07, 6.45) is 1.01. The first-order valence-electron chi connectivity index (χ1n) is 6.59. The molecule has 2 aromatic rings. The van der Waals surface area contributed by atoms with Crippen molar-refractivity contribution in [1.29, 1.82) is 0 Å². The first-order chi connectivity index (χ1) is 9.56. The smallest absolute Gasteiger partial charge is 0.168 e. The van der Waals surface area contributed by atoms with Gasteiger partial charge in [0.1, 0.15) is 0 Å². The highest BCUT2D eigenvalue weighted by Crippen LogP contribution is 2.23. The van der Waals surface area contributed by atoms with Gasteiger partial charge in [0.2, 0.25) is 0 Å². The molecule has 0 bridgehead atoms. The molecule has 0 spiro atoms. The van der Waals surface area contributed by atoms with Crippen molar-refractivity contribution in [2.75, 3.05) is 0 Å².